The summed E-state index contributed by atoms with van der Waals surface area (Å²) < 4.78 is 40.3. The highest BCUT2D eigenvalue weighted by molar-refractivity contribution is 5.95. The minimum atomic E-state index is -4.57. The Morgan fingerprint density at radius 2 is 1.71 bits per heavy atom. The summed E-state index contributed by atoms with van der Waals surface area (Å²) >= 11 is 0. The van der Waals surface area contributed by atoms with Crippen molar-refractivity contribution in [3.63, 3.8) is 0 Å². The molecule has 1 amide bonds. The number of carbonyl (C=O) groups is 1. The molecule has 2 saturated carbocycles. The number of amides is 1. The number of aliphatic hydroxyl groups excluding tert-OH is 1. The van der Waals surface area contributed by atoms with Gasteiger partial charge in [-0.2, -0.15) is 13.2 Å². The molecular formula is C24H29F3N2O2. The summed E-state index contributed by atoms with van der Waals surface area (Å²) in [6.07, 6.45) is 6.33. The molecule has 7 heteroatoms. The standard InChI is InChI=1S/C24H29F3N2O2/c1-3-22(2,24(25,26)27)18-6-4-17(5-7-18)21(31)29(19-8-9-19)20-10-14-28(15-11-20)23(16-30)12-13-23/h1,4-7,19-20,30H,8-16H2,2H3. The first-order valence-electron chi connectivity index (χ1n) is 11.0. The maximum absolute atomic E-state index is 13.4. The van der Waals surface area contributed by atoms with Crippen molar-refractivity contribution in [2.24, 2.45) is 0 Å². The average molecular weight is 435 g/mol. The fourth-order valence-corrected chi connectivity index (χ4v) is 4.74. The van der Waals surface area contributed by atoms with Crippen LogP contribution in [0.1, 0.15) is 61.4 Å². The first-order chi connectivity index (χ1) is 14.6. The van der Waals surface area contributed by atoms with E-state index < -0.39 is 11.6 Å². The van der Waals surface area contributed by atoms with Gasteiger partial charge in [-0.15, -0.1) is 6.42 Å². The smallest absolute Gasteiger partial charge is 0.394 e. The van der Waals surface area contributed by atoms with Crippen LogP contribution in [0, 0.1) is 12.3 Å². The number of rotatable bonds is 6. The highest BCUT2D eigenvalue weighted by Gasteiger charge is 2.52. The molecule has 4 nitrogen and oxygen atoms in total. The second kappa shape index (κ2) is 7.83. The lowest BCUT2D eigenvalue weighted by molar-refractivity contribution is -0.168. The van der Waals surface area contributed by atoms with E-state index in [4.69, 9.17) is 6.42 Å². The molecule has 1 heterocycles. The van der Waals surface area contributed by atoms with E-state index in [1.54, 1.807) is 0 Å². The van der Waals surface area contributed by atoms with Crippen molar-refractivity contribution in [2.45, 2.75) is 74.7 Å². The first kappa shape index (κ1) is 22.2. The van der Waals surface area contributed by atoms with Crippen molar-refractivity contribution in [3.8, 4) is 12.3 Å². The number of piperidine rings is 1. The van der Waals surface area contributed by atoms with E-state index in [2.05, 4.69) is 4.90 Å². The highest BCUT2D eigenvalue weighted by atomic mass is 19.4. The highest BCUT2D eigenvalue weighted by Crippen LogP contribution is 2.44. The number of carbonyl (C=O) groups excluding carboxylic acids is 1. The Bertz CT molecular complexity index is 860. The Morgan fingerprint density at radius 3 is 2.13 bits per heavy atom. The Balaban J connectivity index is 1.48. The van der Waals surface area contributed by atoms with Crippen LogP contribution >= 0.6 is 0 Å². The number of hydrogen-bond acceptors (Lipinski definition) is 3. The Morgan fingerprint density at radius 1 is 1.16 bits per heavy atom. The van der Waals surface area contributed by atoms with E-state index in [1.807, 2.05) is 10.8 Å². The molecule has 1 aromatic rings. The molecule has 3 aliphatic rings. The Kier molecular flexibility index (Phi) is 5.60. The van der Waals surface area contributed by atoms with Gasteiger partial charge in [-0.3, -0.25) is 9.69 Å². The van der Waals surface area contributed by atoms with Gasteiger partial charge in [-0.1, -0.05) is 18.1 Å². The molecule has 4 rings (SSSR count). The molecule has 1 atom stereocenters. The van der Waals surface area contributed by atoms with Gasteiger partial charge < -0.3 is 10.0 Å². The zero-order valence-corrected chi connectivity index (χ0v) is 17.8. The zero-order valence-electron chi connectivity index (χ0n) is 17.8. The van der Waals surface area contributed by atoms with Crippen LogP contribution < -0.4 is 0 Å². The normalized spacial score (nSPS) is 23.6. The number of alkyl halides is 3. The van der Waals surface area contributed by atoms with Gasteiger partial charge in [0, 0.05) is 36.3 Å². The van der Waals surface area contributed by atoms with Gasteiger partial charge in [0.15, 0.2) is 0 Å². The summed E-state index contributed by atoms with van der Waals surface area (Å²) in [4.78, 5) is 17.6. The van der Waals surface area contributed by atoms with Crippen LogP contribution in [0.4, 0.5) is 13.2 Å². The van der Waals surface area contributed by atoms with E-state index in [0.717, 1.165) is 58.5 Å². The van der Waals surface area contributed by atoms with Crippen molar-refractivity contribution in [1.82, 2.24) is 9.80 Å². The van der Waals surface area contributed by atoms with Crippen molar-refractivity contribution < 1.29 is 23.1 Å². The Hall–Kier alpha value is -2.04. The minimum Gasteiger partial charge on any atom is -0.394 e. The van der Waals surface area contributed by atoms with Crippen LogP contribution in [0.3, 0.4) is 0 Å². The molecule has 1 saturated heterocycles. The molecule has 1 unspecified atom stereocenters. The van der Waals surface area contributed by atoms with E-state index in [0.29, 0.717) is 5.56 Å². The molecule has 1 aromatic carbocycles. The van der Waals surface area contributed by atoms with Crippen LogP contribution in [0.5, 0.6) is 0 Å². The third-order valence-corrected chi connectivity index (χ3v) is 7.39. The van der Waals surface area contributed by atoms with Crippen LogP contribution in [0.15, 0.2) is 24.3 Å². The molecule has 168 valence electrons. The molecule has 0 radical (unpaired) electrons. The summed E-state index contributed by atoms with van der Waals surface area (Å²) in [5, 5.41) is 9.68. The molecule has 1 N–H and O–H groups in total. The third-order valence-electron chi connectivity index (χ3n) is 7.39. The molecule has 31 heavy (non-hydrogen) atoms. The summed E-state index contributed by atoms with van der Waals surface area (Å²) in [6, 6.07) is 5.92. The molecule has 1 aliphatic heterocycles. The monoisotopic (exact) mass is 434 g/mol. The number of terminal acetylenes is 1. The predicted octanol–water partition coefficient (Wildman–Crippen LogP) is 3.73. The molecule has 0 aromatic heterocycles. The number of benzene rings is 1. The molecule has 0 bridgehead atoms. The van der Waals surface area contributed by atoms with Crippen molar-refractivity contribution in [2.75, 3.05) is 19.7 Å². The lowest BCUT2D eigenvalue weighted by atomic mass is 9.82. The number of hydrogen-bond donors (Lipinski definition) is 1. The number of likely N-dealkylation sites (tertiary alicyclic amines) is 1. The minimum absolute atomic E-state index is 0.0379. The van der Waals surface area contributed by atoms with Gasteiger partial charge in [-0.05, 0) is 63.1 Å². The quantitative estimate of drug-likeness (QED) is 0.694. The number of nitrogens with zero attached hydrogens (tertiary/aromatic N) is 2. The van der Waals surface area contributed by atoms with Crippen molar-refractivity contribution in [3.05, 3.63) is 35.4 Å². The summed E-state index contributed by atoms with van der Waals surface area (Å²) in [5.74, 6) is 1.75. The topological polar surface area (TPSA) is 43.8 Å². The van der Waals surface area contributed by atoms with Gasteiger partial charge in [0.05, 0.1) is 6.61 Å². The van der Waals surface area contributed by atoms with Gasteiger partial charge in [0.1, 0.15) is 5.41 Å². The van der Waals surface area contributed by atoms with E-state index in [9.17, 15) is 23.1 Å². The summed E-state index contributed by atoms with van der Waals surface area (Å²) in [5.41, 5.74) is -2.07. The molecule has 0 spiro atoms. The van der Waals surface area contributed by atoms with Crippen LogP contribution in [-0.4, -0.2) is 64.3 Å². The molecule has 2 aliphatic carbocycles. The predicted molar refractivity (Wildman–Crippen MR) is 112 cm³/mol. The number of aliphatic hydroxyl groups is 1. The van der Waals surface area contributed by atoms with E-state index in [1.165, 1.54) is 24.3 Å². The lowest BCUT2D eigenvalue weighted by Gasteiger charge is -2.41. The first-order valence-corrected chi connectivity index (χ1v) is 11.0. The maximum Gasteiger partial charge on any atom is 0.408 e. The van der Waals surface area contributed by atoms with E-state index in [-0.39, 0.29) is 35.7 Å². The van der Waals surface area contributed by atoms with Crippen LogP contribution in [-0.2, 0) is 5.41 Å². The zero-order chi connectivity index (χ0) is 22.4. The van der Waals surface area contributed by atoms with Crippen LogP contribution in [0.2, 0.25) is 0 Å². The fraction of sp³-hybridized carbons (Fsp3) is 0.625. The fourth-order valence-electron chi connectivity index (χ4n) is 4.74. The van der Waals surface area contributed by atoms with Gasteiger partial charge in [0.2, 0.25) is 0 Å². The summed E-state index contributed by atoms with van der Waals surface area (Å²) in [6.45, 7) is 2.87. The van der Waals surface area contributed by atoms with Gasteiger partial charge in [0.25, 0.3) is 5.91 Å². The van der Waals surface area contributed by atoms with Crippen LogP contribution in [0.25, 0.3) is 0 Å². The summed E-state index contributed by atoms with van der Waals surface area (Å²) in [7, 11) is 0. The molecule has 3 fully saturated rings. The van der Waals surface area contributed by atoms with Gasteiger partial charge >= 0.3 is 6.18 Å². The SMILES string of the molecule is C#CC(C)(c1ccc(C(=O)N(C2CC2)C2CCN(C3(CO)CC3)CC2)cc1)C(F)(F)F. The molecular weight excluding hydrogens is 405 g/mol. The second-order valence-corrected chi connectivity index (χ2v) is 9.39. The third kappa shape index (κ3) is 3.96. The average Bonchev–Trinajstić information content (AvgIpc) is 3.68. The van der Waals surface area contributed by atoms with Crippen molar-refractivity contribution >= 4 is 5.91 Å². The second-order valence-electron chi connectivity index (χ2n) is 9.39. The largest absolute Gasteiger partial charge is 0.408 e. The Labute approximate surface area is 181 Å². The lowest BCUT2D eigenvalue weighted by Crippen LogP contribution is -2.52. The van der Waals surface area contributed by atoms with E-state index >= 15 is 0 Å². The van der Waals surface area contributed by atoms with Crippen molar-refractivity contribution in [1.29, 1.82) is 0 Å². The van der Waals surface area contributed by atoms with Gasteiger partial charge in [-0.25, -0.2) is 0 Å². The number of halogens is 3. The maximum atomic E-state index is 13.4.